The summed E-state index contributed by atoms with van der Waals surface area (Å²) in [6, 6.07) is 0. The molecule has 1 aliphatic heterocycles. The van der Waals surface area contributed by atoms with Gasteiger partial charge in [-0.1, -0.05) is 65.2 Å². The number of hydrogen-bond donors (Lipinski definition) is 1. The van der Waals surface area contributed by atoms with E-state index in [9.17, 15) is 5.11 Å². The maximum Gasteiger partial charge on any atom is 0.193 e. The molecule has 0 aromatic rings. The largest absolute Gasteiger partial charge is 0.403 e. The molecule has 1 spiro atoms. The van der Waals surface area contributed by atoms with E-state index in [1.54, 1.807) is 0 Å². The van der Waals surface area contributed by atoms with Crippen LogP contribution in [0.25, 0.3) is 0 Å². The molecule has 0 unspecified atom stereocenters. The third kappa shape index (κ3) is 4.28. The Hall–Kier alpha value is -0.383. The molecule has 31 heavy (non-hydrogen) atoms. The number of fused-ring (bicyclic) bond motifs is 2. The van der Waals surface area contributed by atoms with Crippen molar-refractivity contribution in [2.45, 2.75) is 115 Å². The van der Waals surface area contributed by atoms with Crippen molar-refractivity contribution in [2.24, 2.45) is 23.2 Å². The lowest BCUT2D eigenvalue weighted by molar-refractivity contribution is -0.344. The van der Waals surface area contributed by atoms with Crippen LogP contribution in [-0.4, -0.2) is 44.6 Å². The third-order valence-corrected chi connectivity index (χ3v) is 13.9. The molecule has 0 aromatic heterocycles. The number of aliphatic hydroxyl groups is 1. The first-order valence-electron chi connectivity index (χ1n) is 12.6. The Morgan fingerprint density at radius 1 is 1.13 bits per heavy atom. The fraction of sp³-hybridized carbons (Fsp3) is 0.923. The summed E-state index contributed by atoms with van der Waals surface area (Å²) in [5.41, 5.74) is -0.0384. The van der Waals surface area contributed by atoms with Gasteiger partial charge in [-0.15, -0.1) is 0 Å². The minimum absolute atomic E-state index is 0.00808. The van der Waals surface area contributed by atoms with Crippen LogP contribution in [0, 0.1) is 35.0 Å². The van der Waals surface area contributed by atoms with Crippen molar-refractivity contribution in [1.29, 1.82) is 0 Å². The molecule has 3 saturated carbocycles. The average molecular weight is 449 g/mol. The minimum Gasteiger partial charge on any atom is -0.403 e. The summed E-state index contributed by atoms with van der Waals surface area (Å²) < 4.78 is 19.0. The van der Waals surface area contributed by atoms with Crippen molar-refractivity contribution in [3.05, 3.63) is 0 Å². The van der Waals surface area contributed by atoms with E-state index in [1.165, 1.54) is 25.7 Å². The molecule has 0 radical (unpaired) electrons. The van der Waals surface area contributed by atoms with Crippen molar-refractivity contribution >= 4 is 8.32 Å². The van der Waals surface area contributed by atoms with Crippen LogP contribution < -0.4 is 0 Å². The monoisotopic (exact) mass is 448 g/mol. The molecule has 1 N–H and O–H groups in total. The molecule has 0 amide bonds. The van der Waals surface area contributed by atoms with Crippen molar-refractivity contribution in [3.63, 3.8) is 0 Å². The van der Waals surface area contributed by atoms with E-state index in [4.69, 9.17) is 13.9 Å². The van der Waals surface area contributed by atoms with Crippen LogP contribution in [0.5, 0.6) is 0 Å². The number of aliphatic hydroxyl groups excluding tert-OH is 1. The first-order chi connectivity index (χ1) is 14.5. The third-order valence-electron chi connectivity index (χ3n) is 9.41. The van der Waals surface area contributed by atoms with E-state index in [1.807, 2.05) is 0 Å². The van der Waals surface area contributed by atoms with Crippen molar-refractivity contribution < 1.29 is 19.0 Å². The van der Waals surface area contributed by atoms with Gasteiger partial charge in [0.2, 0.25) is 0 Å². The lowest BCUT2D eigenvalue weighted by atomic mass is 9.47. The lowest BCUT2D eigenvalue weighted by Crippen LogP contribution is -2.67. The summed E-state index contributed by atoms with van der Waals surface area (Å²) in [5, 5.41) is 11.0. The second kappa shape index (κ2) is 8.44. The molecule has 0 aromatic carbocycles. The van der Waals surface area contributed by atoms with Crippen LogP contribution in [0.2, 0.25) is 18.1 Å². The van der Waals surface area contributed by atoms with Crippen molar-refractivity contribution in [2.75, 3.05) is 13.2 Å². The second-order valence-electron chi connectivity index (χ2n) is 12.4. The predicted octanol–water partition coefficient (Wildman–Crippen LogP) is 5.50. The molecule has 4 aliphatic rings. The molecule has 4 fully saturated rings. The Morgan fingerprint density at radius 2 is 1.77 bits per heavy atom. The van der Waals surface area contributed by atoms with E-state index in [0.29, 0.717) is 19.1 Å². The molecule has 0 bridgehead atoms. The van der Waals surface area contributed by atoms with Gasteiger partial charge in [-0.25, -0.2) is 0 Å². The van der Waals surface area contributed by atoms with Crippen LogP contribution in [-0.2, 0) is 13.9 Å². The Balaban J connectivity index is 1.53. The SMILES string of the molecule is CC(C)(C)[Si](C)(C)O[C@H](C#C[C@@H]1[C@@H](O)CC[C@]2(C)[C@H]1CC21OCCO1)CC1CCCC1. The zero-order valence-electron chi connectivity index (χ0n) is 20.6. The molecule has 1 saturated heterocycles. The summed E-state index contributed by atoms with van der Waals surface area (Å²) in [5.74, 6) is 7.77. The lowest BCUT2D eigenvalue weighted by Gasteiger charge is -2.64. The molecule has 3 aliphatic carbocycles. The summed E-state index contributed by atoms with van der Waals surface area (Å²) in [6.07, 6.45) is 8.55. The Kier molecular flexibility index (Phi) is 6.47. The Labute approximate surface area is 190 Å². The maximum absolute atomic E-state index is 10.9. The molecule has 4 rings (SSSR count). The van der Waals surface area contributed by atoms with E-state index < -0.39 is 14.1 Å². The van der Waals surface area contributed by atoms with Crippen molar-refractivity contribution in [1.82, 2.24) is 0 Å². The number of ether oxygens (including phenoxy) is 2. The molecular weight excluding hydrogens is 404 g/mol. The van der Waals surface area contributed by atoms with Gasteiger partial charge in [0.25, 0.3) is 0 Å². The first-order valence-corrected chi connectivity index (χ1v) is 15.5. The summed E-state index contributed by atoms with van der Waals surface area (Å²) in [4.78, 5) is 0. The molecule has 4 nitrogen and oxygen atoms in total. The molecular formula is C26H44O4Si. The van der Waals surface area contributed by atoms with Gasteiger partial charge in [-0.3, -0.25) is 0 Å². The van der Waals surface area contributed by atoms with Gasteiger partial charge in [0.1, 0.15) is 6.10 Å². The topological polar surface area (TPSA) is 47.9 Å². The smallest absolute Gasteiger partial charge is 0.193 e. The van der Waals surface area contributed by atoms with E-state index in [2.05, 4.69) is 52.6 Å². The number of rotatable bonds is 4. The van der Waals surface area contributed by atoms with E-state index >= 15 is 0 Å². The summed E-state index contributed by atoms with van der Waals surface area (Å²) in [7, 11) is -1.91. The highest BCUT2D eigenvalue weighted by atomic mass is 28.4. The summed E-state index contributed by atoms with van der Waals surface area (Å²) >= 11 is 0. The molecule has 5 heteroatoms. The predicted molar refractivity (Wildman–Crippen MR) is 126 cm³/mol. The van der Waals surface area contributed by atoms with Gasteiger partial charge < -0.3 is 19.0 Å². The van der Waals surface area contributed by atoms with Crippen LogP contribution in [0.3, 0.4) is 0 Å². The molecule has 1 heterocycles. The number of hydrogen-bond acceptors (Lipinski definition) is 4. The quantitative estimate of drug-likeness (QED) is 0.456. The standard InChI is InChI=1S/C26H44O4Si/c1-24(2,3)31(5,6)30-20(17-19-9-7-8-10-19)11-12-21-22-18-26(28-15-16-29-26)25(22,4)14-13-23(21)27/h19-23,27H,7-10,13-18H2,1-6H3/t20-,21+,22+,23+,25-/m1/s1. The van der Waals surface area contributed by atoms with Gasteiger partial charge in [0.15, 0.2) is 14.1 Å². The highest BCUT2D eigenvalue weighted by Gasteiger charge is 2.69. The van der Waals surface area contributed by atoms with Gasteiger partial charge in [-0.05, 0) is 49.2 Å². The highest BCUT2D eigenvalue weighted by Crippen LogP contribution is 2.66. The van der Waals surface area contributed by atoms with Gasteiger partial charge in [-0.2, -0.15) is 0 Å². The minimum atomic E-state index is -1.91. The second-order valence-corrected chi connectivity index (χ2v) is 17.1. The normalized spacial score (nSPS) is 36.5. The van der Waals surface area contributed by atoms with Gasteiger partial charge >= 0.3 is 0 Å². The first kappa shape index (κ1) is 23.8. The van der Waals surface area contributed by atoms with Crippen LogP contribution >= 0.6 is 0 Å². The molecule has 5 atom stereocenters. The fourth-order valence-electron chi connectivity index (χ4n) is 6.20. The Morgan fingerprint density at radius 3 is 2.39 bits per heavy atom. The van der Waals surface area contributed by atoms with E-state index in [0.717, 1.165) is 31.6 Å². The van der Waals surface area contributed by atoms with E-state index in [-0.39, 0.29) is 28.6 Å². The van der Waals surface area contributed by atoms with Crippen LogP contribution in [0.4, 0.5) is 0 Å². The fourth-order valence-corrected chi connectivity index (χ4v) is 7.42. The zero-order valence-corrected chi connectivity index (χ0v) is 21.6. The Bertz CT molecular complexity index is 705. The maximum atomic E-state index is 10.9. The van der Waals surface area contributed by atoms with Crippen LogP contribution in [0.15, 0.2) is 0 Å². The zero-order chi connectivity index (χ0) is 22.5. The average Bonchev–Trinajstić information content (AvgIpc) is 3.36. The van der Waals surface area contributed by atoms with Crippen LogP contribution in [0.1, 0.15) is 79.1 Å². The highest BCUT2D eigenvalue weighted by molar-refractivity contribution is 6.74. The summed E-state index contributed by atoms with van der Waals surface area (Å²) in [6.45, 7) is 15.2. The van der Waals surface area contributed by atoms with Gasteiger partial charge in [0.05, 0.1) is 25.2 Å². The molecule has 176 valence electrons. The van der Waals surface area contributed by atoms with Crippen molar-refractivity contribution in [3.8, 4) is 11.8 Å². The van der Waals surface area contributed by atoms with Gasteiger partial charge in [0, 0.05) is 11.8 Å².